The van der Waals surface area contributed by atoms with Gasteiger partial charge in [-0.3, -0.25) is 4.79 Å². The molecule has 1 aromatic heterocycles. The van der Waals surface area contributed by atoms with Gasteiger partial charge in [0.25, 0.3) is 0 Å². The van der Waals surface area contributed by atoms with Crippen molar-refractivity contribution in [2.45, 2.75) is 26.7 Å². The predicted octanol–water partition coefficient (Wildman–Crippen LogP) is 4.97. The maximum absolute atomic E-state index is 11.8. The highest BCUT2D eigenvalue weighted by Crippen LogP contribution is 2.31. The second kappa shape index (κ2) is 6.20. The van der Waals surface area contributed by atoms with E-state index in [1.807, 2.05) is 24.3 Å². The minimum Gasteiger partial charge on any atom is -0.444 e. The maximum atomic E-state index is 11.8. The zero-order valence-electron chi connectivity index (χ0n) is 14.4. The third-order valence-electron chi connectivity index (χ3n) is 4.51. The van der Waals surface area contributed by atoms with Crippen LogP contribution in [-0.4, -0.2) is 10.9 Å². The molecular weight excluding hydrogens is 312 g/mol. The SMILES string of the molecule is Cc1ccc(-c2coc(-c3ccc(NC(=O)C4CC4)cc3)n2)c(C)c1. The van der Waals surface area contributed by atoms with Crippen molar-refractivity contribution in [2.24, 2.45) is 5.92 Å². The van der Waals surface area contributed by atoms with E-state index in [1.54, 1.807) is 6.26 Å². The van der Waals surface area contributed by atoms with Crippen LogP contribution in [0.15, 0.2) is 53.1 Å². The largest absolute Gasteiger partial charge is 0.444 e. The smallest absolute Gasteiger partial charge is 0.227 e. The van der Waals surface area contributed by atoms with Crippen molar-refractivity contribution < 1.29 is 9.21 Å². The number of carbonyl (C=O) groups excluding carboxylic acids is 1. The van der Waals surface area contributed by atoms with Crippen LogP contribution in [0.25, 0.3) is 22.7 Å². The van der Waals surface area contributed by atoms with Crippen molar-refractivity contribution in [3.05, 3.63) is 59.9 Å². The van der Waals surface area contributed by atoms with Crippen LogP contribution in [0.1, 0.15) is 24.0 Å². The van der Waals surface area contributed by atoms with Gasteiger partial charge < -0.3 is 9.73 Å². The highest BCUT2D eigenvalue weighted by atomic mass is 16.3. The fourth-order valence-electron chi connectivity index (χ4n) is 2.92. The Morgan fingerprint density at radius 3 is 2.56 bits per heavy atom. The second-order valence-corrected chi connectivity index (χ2v) is 6.70. The van der Waals surface area contributed by atoms with Crippen molar-refractivity contribution >= 4 is 11.6 Å². The van der Waals surface area contributed by atoms with Gasteiger partial charge in [-0.15, -0.1) is 0 Å². The fourth-order valence-corrected chi connectivity index (χ4v) is 2.92. The van der Waals surface area contributed by atoms with E-state index in [0.717, 1.165) is 35.3 Å². The molecule has 0 aliphatic heterocycles. The van der Waals surface area contributed by atoms with Crippen LogP contribution < -0.4 is 5.32 Å². The molecule has 0 radical (unpaired) electrons. The predicted molar refractivity (Wildman–Crippen MR) is 98.2 cm³/mol. The number of aryl methyl sites for hydroxylation is 2. The Hall–Kier alpha value is -2.88. The van der Waals surface area contributed by atoms with E-state index in [9.17, 15) is 4.79 Å². The lowest BCUT2D eigenvalue weighted by atomic mass is 10.0. The first kappa shape index (κ1) is 15.6. The van der Waals surface area contributed by atoms with E-state index in [4.69, 9.17) is 4.42 Å². The molecule has 3 aromatic rings. The number of anilines is 1. The molecule has 25 heavy (non-hydrogen) atoms. The topological polar surface area (TPSA) is 55.1 Å². The Labute approximate surface area is 146 Å². The van der Waals surface area contributed by atoms with Gasteiger partial charge in [0.2, 0.25) is 11.8 Å². The molecule has 1 amide bonds. The summed E-state index contributed by atoms with van der Waals surface area (Å²) < 4.78 is 5.66. The lowest BCUT2D eigenvalue weighted by Crippen LogP contribution is -2.12. The minimum atomic E-state index is 0.112. The molecule has 0 saturated heterocycles. The minimum absolute atomic E-state index is 0.112. The van der Waals surface area contributed by atoms with Gasteiger partial charge in [0.05, 0.1) is 0 Å². The Kier molecular flexibility index (Phi) is 3.88. The number of nitrogens with zero attached hydrogens (tertiary/aromatic N) is 1. The zero-order valence-corrected chi connectivity index (χ0v) is 14.4. The molecule has 0 spiro atoms. The highest BCUT2D eigenvalue weighted by Gasteiger charge is 2.29. The molecule has 1 aliphatic rings. The highest BCUT2D eigenvalue weighted by molar-refractivity contribution is 5.94. The summed E-state index contributed by atoms with van der Waals surface area (Å²) in [5.41, 5.74) is 6.02. The molecule has 1 fully saturated rings. The van der Waals surface area contributed by atoms with Gasteiger partial charge in [0.15, 0.2) is 0 Å². The van der Waals surface area contributed by atoms with E-state index >= 15 is 0 Å². The Morgan fingerprint density at radius 2 is 1.88 bits per heavy atom. The molecule has 1 saturated carbocycles. The number of benzene rings is 2. The van der Waals surface area contributed by atoms with Crippen LogP contribution in [0.2, 0.25) is 0 Å². The number of aromatic nitrogens is 1. The lowest BCUT2D eigenvalue weighted by molar-refractivity contribution is -0.117. The van der Waals surface area contributed by atoms with Gasteiger partial charge >= 0.3 is 0 Å². The average Bonchev–Trinajstić information content (AvgIpc) is 3.34. The van der Waals surface area contributed by atoms with E-state index in [-0.39, 0.29) is 11.8 Å². The summed E-state index contributed by atoms with van der Waals surface area (Å²) >= 11 is 0. The van der Waals surface area contributed by atoms with Gasteiger partial charge in [0, 0.05) is 22.7 Å². The zero-order chi connectivity index (χ0) is 17.4. The molecule has 4 nitrogen and oxygen atoms in total. The molecule has 2 aromatic carbocycles. The van der Waals surface area contributed by atoms with Crippen LogP contribution in [0.3, 0.4) is 0 Å². The summed E-state index contributed by atoms with van der Waals surface area (Å²) in [6, 6.07) is 13.9. The third kappa shape index (κ3) is 3.33. The molecule has 126 valence electrons. The monoisotopic (exact) mass is 332 g/mol. The number of hydrogen-bond acceptors (Lipinski definition) is 3. The molecule has 0 unspecified atom stereocenters. The Bertz CT molecular complexity index is 921. The van der Waals surface area contributed by atoms with Gasteiger partial charge in [-0.05, 0) is 56.5 Å². The molecule has 1 aliphatic carbocycles. The number of hydrogen-bond donors (Lipinski definition) is 1. The van der Waals surface area contributed by atoms with Crippen LogP contribution in [0.5, 0.6) is 0 Å². The maximum Gasteiger partial charge on any atom is 0.227 e. The van der Waals surface area contributed by atoms with Crippen molar-refractivity contribution in [3.63, 3.8) is 0 Å². The Morgan fingerprint density at radius 1 is 1.12 bits per heavy atom. The summed E-state index contributed by atoms with van der Waals surface area (Å²) in [4.78, 5) is 16.4. The summed E-state index contributed by atoms with van der Waals surface area (Å²) in [7, 11) is 0. The quantitative estimate of drug-likeness (QED) is 0.733. The molecule has 0 bridgehead atoms. The van der Waals surface area contributed by atoms with E-state index < -0.39 is 0 Å². The summed E-state index contributed by atoms with van der Waals surface area (Å²) in [5, 5.41) is 2.94. The van der Waals surface area contributed by atoms with Crippen LogP contribution in [0, 0.1) is 19.8 Å². The van der Waals surface area contributed by atoms with Crippen LogP contribution in [-0.2, 0) is 4.79 Å². The van der Waals surface area contributed by atoms with Gasteiger partial charge in [-0.2, -0.15) is 0 Å². The standard InChI is InChI=1S/C21H20N2O2/c1-13-3-10-18(14(2)11-13)19-12-25-21(23-19)16-6-8-17(9-7-16)22-20(24)15-4-5-15/h3,6-12,15H,4-5H2,1-2H3,(H,22,24). The van der Waals surface area contributed by atoms with Crippen LogP contribution >= 0.6 is 0 Å². The summed E-state index contributed by atoms with van der Waals surface area (Å²) in [6.07, 6.45) is 3.69. The van der Waals surface area contributed by atoms with E-state index in [1.165, 1.54) is 11.1 Å². The normalized spacial score (nSPS) is 13.7. The van der Waals surface area contributed by atoms with Gasteiger partial charge in [-0.1, -0.05) is 23.8 Å². The van der Waals surface area contributed by atoms with E-state index in [0.29, 0.717) is 5.89 Å². The van der Waals surface area contributed by atoms with E-state index in [2.05, 4.69) is 42.3 Å². The van der Waals surface area contributed by atoms with Gasteiger partial charge in [0.1, 0.15) is 12.0 Å². The average molecular weight is 332 g/mol. The lowest BCUT2D eigenvalue weighted by Gasteiger charge is -2.04. The van der Waals surface area contributed by atoms with Crippen molar-refractivity contribution in [1.82, 2.24) is 4.98 Å². The Balaban J connectivity index is 1.54. The number of carbonyl (C=O) groups is 1. The first-order valence-electron chi connectivity index (χ1n) is 8.54. The number of rotatable bonds is 4. The molecule has 0 atom stereocenters. The summed E-state index contributed by atoms with van der Waals surface area (Å²) in [6.45, 7) is 4.16. The fraction of sp³-hybridized carbons (Fsp3) is 0.238. The molecule has 4 rings (SSSR count). The number of amides is 1. The van der Waals surface area contributed by atoms with Crippen molar-refractivity contribution in [1.29, 1.82) is 0 Å². The first-order valence-corrected chi connectivity index (χ1v) is 8.54. The molecule has 1 heterocycles. The molecular formula is C21H20N2O2. The second-order valence-electron chi connectivity index (χ2n) is 6.70. The molecule has 1 N–H and O–H groups in total. The number of nitrogens with one attached hydrogen (secondary N) is 1. The third-order valence-corrected chi connectivity index (χ3v) is 4.51. The van der Waals surface area contributed by atoms with Crippen LogP contribution in [0.4, 0.5) is 5.69 Å². The molecule has 4 heteroatoms. The van der Waals surface area contributed by atoms with Crippen molar-refractivity contribution in [3.8, 4) is 22.7 Å². The van der Waals surface area contributed by atoms with Gasteiger partial charge in [-0.25, -0.2) is 4.98 Å². The van der Waals surface area contributed by atoms with Crippen molar-refractivity contribution in [2.75, 3.05) is 5.32 Å². The summed E-state index contributed by atoms with van der Waals surface area (Å²) in [5.74, 6) is 0.891. The number of oxazole rings is 1. The first-order chi connectivity index (χ1) is 12.1.